The fourth-order valence-corrected chi connectivity index (χ4v) is 1.16. The van der Waals surface area contributed by atoms with E-state index in [0.717, 1.165) is 6.07 Å². The lowest BCUT2D eigenvalue weighted by atomic mass is 10.3. The second-order valence-electron chi connectivity index (χ2n) is 2.04. The summed E-state index contributed by atoms with van der Waals surface area (Å²) in [5.74, 6) is 0.0209. The molecule has 0 atom stereocenters. The molecule has 1 aromatic carbocycles. The van der Waals surface area contributed by atoms with E-state index in [1.165, 1.54) is 12.1 Å². The molecule has 0 bridgehead atoms. The van der Waals surface area contributed by atoms with Gasteiger partial charge in [0.25, 0.3) is 5.69 Å². The first-order valence-electron chi connectivity index (χ1n) is 3.09. The molecule has 0 fully saturated rings. The number of hydrogen-bond acceptors (Lipinski definition) is 4. The number of nitro groups is 1. The highest BCUT2D eigenvalue weighted by Crippen LogP contribution is 2.28. The minimum atomic E-state index is -0.602. The van der Waals surface area contributed by atoms with Crippen LogP contribution in [0, 0.1) is 10.1 Å². The lowest BCUT2D eigenvalue weighted by Crippen LogP contribution is -1.90. The van der Waals surface area contributed by atoms with Crippen LogP contribution < -0.4 is 4.18 Å². The lowest BCUT2D eigenvalue weighted by Gasteiger charge is -1.99. The standard InChI is InChI=1S/C6H4ClNO4S/c7-5-2-1-4(8(9)10)3-6(5)12-13-11/h1-3,13H. The van der Waals surface area contributed by atoms with Crippen molar-refractivity contribution in [3.05, 3.63) is 33.3 Å². The molecule has 7 heteroatoms. The minimum absolute atomic E-state index is 0.0209. The number of thiol groups is 1. The molecule has 1 aromatic rings. The van der Waals surface area contributed by atoms with Gasteiger partial charge >= 0.3 is 0 Å². The number of nitro benzene ring substituents is 1. The molecule has 0 aromatic heterocycles. The Bertz CT molecular complexity index is 356. The molecule has 0 radical (unpaired) electrons. The predicted molar refractivity (Wildman–Crippen MR) is 48.3 cm³/mol. The van der Waals surface area contributed by atoms with Crippen LogP contribution in [0.15, 0.2) is 18.2 Å². The molecule has 0 amide bonds. The van der Waals surface area contributed by atoms with Crippen LogP contribution in [-0.2, 0) is 11.9 Å². The van der Waals surface area contributed by atoms with E-state index in [1.807, 2.05) is 0 Å². The molecule has 70 valence electrons. The fourth-order valence-electron chi connectivity index (χ4n) is 0.716. The Morgan fingerprint density at radius 1 is 1.54 bits per heavy atom. The smallest absolute Gasteiger partial charge is 0.273 e. The third kappa shape index (κ3) is 2.40. The van der Waals surface area contributed by atoms with E-state index in [0.29, 0.717) is 0 Å². The molecule has 0 aliphatic carbocycles. The van der Waals surface area contributed by atoms with Gasteiger partial charge in [0, 0.05) is 6.07 Å². The van der Waals surface area contributed by atoms with Crippen molar-refractivity contribution in [2.45, 2.75) is 0 Å². The van der Waals surface area contributed by atoms with Gasteiger partial charge in [-0.05, 0) is 6.07 Å². The summed E-state index contributed by atoms with van der Waals surface area (Å²) in [7, 11) is 0. The van der Waals surface area contributed by atoms with Crippen molar-refractivity contribution in [1.82, 2.24) is 0 Å². The molecule has 0 aliphatic heterocycles. The quantitative estimate of drug-likeness (QED) is 0.477. The highest BCUT2D eigenvalue weighted by atomic mass is 35.5. The average Bonchev–Trinajstić information content (AvgIpc) is 2.08. The molecule has 1 rings (SSSR count). The van der Waals surface area contributed by atoms with Gasteiger partial charge in [-0.2, -0.15) is 0 Å². The largest absolute Gasteiger partial charge is 0.401 e. The van der Waals surface area contributed by atoms with Crippen molar-refractivity contribution < 1.29 is 13.3 Å². The van der Waals surface area contributed by atoms with Crippen LogP contribution >= 0.6 is 11.6 Å². The maximum absolute atomic E-state index is 10.3. The first-order chi connectivity index (χ1) is 6.15. The van der Waals surface area contributed by atoms with E-state index < -0.39 is 16.9 Å². The van der Waals surface area contributed by atoms with Gasteiger partial charge < -0.3 is 4.18 Å². The molecular formula is C6H4ClNO4S. The Kier molecular flexibility index (Phi) is 3.21. The maximum Gasteiger partial charge on any atom is 0.273 e. The average molecular weight is 222 g/mol. The number of hydrogen-bond donors (Lipinski definition) is 1. The summed E-state index contributed by atoms with van der Waals surface area (Å²) in [6.45, 7) is 0. The zero-order valence-corrected chi connectivity index (χ0v) is 7.79. The van der Waals surface area contributed by atoms with Gasteiger partial charge in [-0.1, -0.05) is 11.6 Å². The van der Waals surface area contributed by atoms with E-state index in [1.54, 1.807) is 0 Å². The zero-order chi connectivity index (χ0) is 9.84. The molecule has 0 saturated carbocycles. The summed E-state index contributed by atoms with van der Waals surface area (Å²) in [5.41, 5.74) is -0.164. The Morgan fingerprint density at radius 2 is 2.23 bits per heavy atom. The number of rotatable bonds is 3. The van der Waals surface area contributed by atoms with Crippen LogP contribution in [-0.4, -0.2) is 9.13 Å². The number of benzene rings is 1. The molecule has 0 saturated heterocycles. The molecule has 0 spiro atoms. The van der Waals surface area contributed by atoms with Gasteiger partial charge in [0.05, 0.1) is 16.0 Å². The van der Waals surface area contributed by atoms with E-state index in [9.17, 15) is 14.3 Å². The van der Waals surface area contributed by atoms with E-state index >= 15 is 0 Å². The van der Waals surface area contributed by atoms with Crippen molar-refractivity contribution in [1.29, 1.82) is 0 Å². The van der Waals surface area contributed by atoms with Crippen LogP contribution in [0.5, 0.6) is 5.75 Å². The van der Waals surface area contributed by atoms with E-state index in [4.69, 9.17) is 11.6 Å². The molecule has 13 heavy (non-hydrogen) atoms. The first kappa shape index (κ1) is 9.94. The van der Waals surface area contributed by atoms with Crippen LogP contribution in [0.2, 0.25) is 5.02 Å². The summed E-state index contributed by atoms with van der Waals surface area (Å²) in [6.07, 6.45) is 0. The maximum atomic E-state index is 10.3. The molecule has 0 heterocycles. The van der Waals surface area contributed by atoms with Crippen LogP contribution in [0.1, 0.15) is 0 Å². The predicted octanol–water partition coefficient (Wildman–Crippen LogP) is 1.49. The number of non-ortho nitro benzene ring substituents is 1. The molecule has 0 N–H and O–H groups in total. The normalized spacial score (nSPS) is 9.62. The van der Waals surface area contributed by atoms with Gasteiger partial charge in [0.15, 0.2) is 17.7 Å². The minimum Gasteiger partial charge on any atom is -0.401 e. The van der Waals surface area contributed by atoms with Crippen molar-refractivity contribution in [3.8, 4) is 5.75 Å². The summed E-state index contributed by atoms with van der Waals surface area (Å²) in [6, 6.07) is 3.64. The van der Waals surface area contributed by atoms with Gasteiger partial charge in [-0.25, -0.2) is 4.21 Å². The summed E-state index contributed by atoms with van der Waals surface area (Å²) in [4.78, 5) is 9.70. The fraction of sp³-hybridized carbons (Fsp3) is 0. The Balaban J connectivity index is 3.10. The second-order valence-corrected chi connectivity index (χ2v) is 2.78. The zero-order valence-electron chi connectivity index (χ0n) is 6.14. The van der Waals surface area contributed by atoms with Gasteiger partial charge in [0.2, 0.25) is 0 Å². The van der Waals surface area contributed by atoms with Gasteiger partial charge in [-0.15, -0.1) is 0 Å². The SMILES string of the molecule is O=[SH]Oc1cc([N+](=O)[O-])ccc1Cl. The van der Waals surface area contributed by atoms with Crippen LogP contribution in [0.4, 0.5) is 5.69 Å². The molecule has 5 nitrogen and oxygen atoms in total. The van der Waals surface area contributed by atoms with Crippen molar-refractivity contribution in [2.75, 3.05) is 0 Å². The van der Waals surface area contributed by atoms with Crippen molar-refractivity contribution in [3.63, 3.8) is 0 Å². The number of nitrogens with zero attached hydrogens (tertiary/aromatic N) is 1. The topological polar surface area (TPSA) is 69.4 Å². The second kappa shape index (κ2) is 4.20. The molecular weight excluding hydrogens is 218 g/mol. The number of halogens is 1. The van der Waals surface area contributed by atoms with Crippen molar-refractivity contribution >= 4 is 29.2 Å². The lowest BCUT2D eigenvalue weighted by molar-refractivity contribution is -0.384. The third-order valence-corrected chi connectivity index (χ3v) is 1.84. The van der Waals surface area contributed by atoms with Gasteiger partial charge in [0.1, 0.15) is 0 Å². The molecule has 0 aliphatic rings. The third-order valence-electron chi connectivity index (χ3n) is 1.26. The highest BCUT2D eigenvalue weighted by molar-refractivity contribution is 7.60. The van der Waals surface area contributed by atoms with Crippen molar-refractivity contribution in [2.24, 2.45) is 0 Å². The van der Waals surface area contributed by atoms with Crippen LogP contribution in [0.3, 0.4) is 0 Å². The van der Waals surface area contributed by atoms with Gasteiger partial charge in [-0.3, -0.25) is 10.1 Å². The summed E-state index contributed by atoms with van der Waals surface area (Å²) in [5, 5.41) is 10.5. The Morgan fingerprint density at radius 3 is 2.77 bits per heavy atom. The first-order valence-corrected chi connectivity index (χ1v) is 4.19. The summed E-state index contributed by atoms with van der Waals surface area (Å²) < 4.78 is 14.6. The molecule has 0 unspecified atom stereocenters. The Hall–Kier alpha value is -1.14. The van der Waals surface area contributed by atoms with Crippen LogP contribution in [0.25, 0.3) is 0 Å². The Labute approximate surface area is 82.1 Å². The summed E-state index contributed by atoms with van der Waals surface area (Å²) >= 11 is 4.99. The monoisotopic (exact) mass is 221 g/mol. The van der Waals surface area contributed by atoms with E-state index in [-0.39, 0.29) is 16.5 Å². The highest BCUT2D eigenvalue weighted by Gasteiger charge is 2.10. The van der Waals surface area contributed by atoms with E-state index in [2.05, 4.69) is 4.18 Å².